The Morgan fingerprint density at radius 3 is 2.05 bits per heavy atom. The SMILES string of the molecule is CC[C@H](C)[C@@H](C(N)=O)N(CCc1ccc(Cl)cc1)C(=O)[C@H](Cc1ccc(O)cc1)NC(=O)[C@@H](N)C(C)C.Cl. The Bertz CT molecular complexity index is 1050. The van der Waals surface area contributed by atoms with Crippen molar-refractivity contribution in [2.75, 3.05) is 6.54 Å². The van der Waals surface area contributed by atoms with Crippen LogP contribution >= 0.6 is 24.0 Å². The Balaban J connectivity index is 0.00000722. The lowest BCUT2D eigenvalue weighted by Gasteiger charge is -2.36. The summed E-state index contributed by atoms with van der Waals surface area (Å²) in [4.78, 5) is 41.1. The maximum atomic E-state index is 14.1. The van der Waals surface area contributed by atoms with Gasteiger partial charge in [-0.1, -0.05) is 70.0 Å². The summed E-state index contributed by atoms with van der Waals surface area (Å²) < 4.78 is 0. The van der Waals surface area contributed by atoms with E-state index in [0.29, 0.717) is 17.9 Å². The van der Waals surface area contributed by atoms with E-state index in [1.54, 1.807) is 24.3 Å². The number of carbonyl (C=O) groups excluding carboxylic acids is 3. The van der Waals surface area contributed by atoms with Gasteiger partial charge < -0.3 is 26.8 Å². The molecule has 0 saturated heterocycles. The minimum absolute atomic E-state index is 0. The third kappa shape index (κ3) is 9.49. The largest absolute Gasteiger partial charge is 0.508 e. The molecule has 0 heterocycles. The van der Waals surface area contributed by atoms with Crippen LogP contribution in [-0.4, -0.2) is 52.4 Å². The molecule has 0 aliphatic heterocycles. The number of aromatic hydroxyl groups is 1. The van der Waals surface area contributed by atoms with Crippen LogP contribution in [0.1, 0.15) is 45.2 Å². The number of carbonyl (C=O) groups is 3. The molecule has 2 aromatic carbocycles. The molecule has 8 nitrogen and oxygen atoms in total. The number of amides is 3. The van der Waals surface area contributed by atoms with E-state index in [4.69, 9.17) is 23.1 Å². The van der Waals surface area contributed by atoms with E-state index < -0.39 is 35.8 Å². The van der Waals surface area contributed by atoms with Crippen LogP contribution in [0.25, 0.3) is 0 Å². The maximum Gasteiger partial charge on any atom is 0.246 e. The topological polar surface area (TPSA) is 139 Å². The highest BCUT2D eigenvalue weighted by molar-refractivity contribution is 6.30. The molecule has 6 N–H and O–H groups in total. The molecular weight excluding hydrogens is 527 g/mol. The summed E-state index contributed by atoms with van der Waals surface area (Å²) in [6.45, 7) is 7.67. The first-order chi connectivity index (χ1) is 17.4. The summed E-state index contributed by atoms with van der Waals surface area (Å²) in [5.74, 6) is -1.72. The Kier molecular flexibility index (Phi) is 13.6. The number of halogens is 2. The number of nitrogens with zero attached hydrogens (tertiary/aromatic N) is 1. The highest BCUT2D eigenvalue weighted by atomic mass is 35.5. The van der Waals surface area contributed by atoms with Crippen LogP contribution < -0.4 is 16.8 Å². The second-order valence-electron chi connectivity index (χ2n) is 9.84. The fourth-order valence-corrected chi connectivity index (χ4v) is 4.22. The van der Waals surface area contributed by atoms with Crippen molar-refractivity contribution in [2.45, 2.75) is 65.1 Å². The molecule has 3 amide bonds. The van der Waals surface area contributed by atoms with Gasteiger partial charge in [0.15, 0.2) is 0 Å². The summed E-state index contributed by atoms with van der Waals surface area (Å²) in [5.41, 5.74) is 13.5. The second-order valence-corrected chi connectivity index (χ2v) is 10.3. The van der Waals surface area contributed by atoms with E-state index >= 15 is 0 Å². The zero-order valence-corrected chi connectivity index (χ0v) is 24.0. The molecule has 2 rings (SSSR count). The lowest BCUT2D eigenvalue weighted by Crippen LogP contribution is -2.59. The van der Waals surface area contributed by atoms with Crippen LogP contribution in [0.3, 0.4) is 0 Å². The fraction of sp³-hybridized carbons (Fsp3) is 0.464. The first kappa shape index (κ1) is 33.2. The molecule has 0 bridgehead atoms. The minimum Gasteiger partial charge on any atom is -0.508 e. The van der Waals surface area contributed by atoms with Gasteiger partial charge in [-0.2, -0.15) is 0 Å². The van der Waals surface area contributed by atoms with Crippen molar-refractivity contribution in [1.82, 2.24) is 10.2 Å². The summed E-state index contributed by atoms with van der Waals surface area (Å²) >= 11 is 6.01. The van der Waals surface area contributed by atoms with Crippen molar-refractivity contribution in [1.29, 1.82) is 0 Å². The highest BCUT2D eigenvalue weighted by Crippen LogP contribution is 2.20. The molecule has 0 radical (unpaired) electrons. The van der Waals surface area contributed by atoms with Gasteiger partial charge in [0.05, 0.1) is 6.04 Å². The first-order valence-corrected chi connectivity index (χ1v) is 13.0. The third-order valence-corrected chi connectivity index (χ3v) is 6.91. The number of primary amides is 1. The van der Waals surface area contributed by atoms with Crippen molar-refractivity contribution in [3.63, 3.8) is 0 Å². The summed E-state index contributed by atoms with van der Waals surface area (Å²) in [5, 5.41) is 13.1. The molecule has 0 aliphatic carbocycles. The van der Waals surface area contributed by atoms with E-state index in [-0.39, 0.29) is 43.0 Å². The lowest BCUT2D eigenvalue weighted by molar-refractivity contribution is -0.144. The number of rotatable bonds is 13. The molecule has 0 fully saturated rings. The average molecular weight is 568 g/mol. The number of nitrogens with two attached hydrogens (primary N) is 2. The van der Waals surface area contributed by atoms with Crippen LogP contribution in [0, 0.1) is 11.8 Å². The van der Waals surface area contributed by atoms with Crippen molar-refractivity contribution < 1.29 is 19.5 Å². The van der Waals surface area contributed by atoms with Gasteiger partial charge in [-0.05, 0) is 53.6 Å². The van der Waals surface area contributed by atoms with Crippen molar-refractivity contribution in [3.05, 3.63) is 64.7 Å². The van der Waals surface area contributed by atoms with Crippen LogP contribution in [0.15, 0.2) is 48.5 Å². The van der Waals surface area contributed by atoms with Crippen molar-refractivity contribution >= 4 is 41.7 Å². The van der Waals surface area contributed by atoms with Crippen LogP contribution in [0.2, 0.25) is 5.02 Å². The third-order valence-electron chi connectivity index (χ3n) is 6.66. The first-order valence-electron chi connectivity index (χ1n) is 12.6. The molecule has 210 valence electrons. The number of phenols is 1. The van der Waals surface area contributed by atoms with E-state index in [1.165, 1.54) is 17.0 Å². The standard InChI is InChI=1S/C28H39ClN4O4.ClH/c1-5-18(4)25(26(31)35)33(15-14-19-6-10-21(29)11-7-19)28(37)23(32-27(36)24(30)17(2)3)16-20-8-12-22(34)13-9-20;/h6-13,17-18,23-25,34H,5,14-16,30H2,1-4H3,(H2,31,35)(H,32,36);1H/t18-,23-,24-,25-;/m0./s1. The van der Waals surface area contributed by atoms with Gasteiger partial charge in [0.1, 0.15) is 17.8 Å². The predicted molar refractivity (Wildman–Crippen MR) is 153 cm³/mol. The Morgan fingerprint density at radius 1 is 1.00 bits per heavy atom. The normalized spacial score (nSPS) is 14.1. The Hall–Kier alpha value is -2.81. The molecular formula is C28H40Cl2N4O4. The zero-order chi connectivity index (χ0) is 27.7. The van der Waals surface area contributed by atoms with Crippen molar-refractivity contribution in [2.24, 2.45) is 23.3 Å². The molecule has 2 aromatic rings. The molecule has 0 unspecified atom stereocenters. The quantitative estimate of drug-likeness (QED) is 0.294. The zero-order valence-electron chi connectivity index (χ0n) is 22.4. The highest BCUT2D eigenvalue weighted by Gasteiger charge is 2.36. The molecule has 0 saturated carbocycles. The molecule has 0 aromatic heterocycles. The number of nitrogens with one attached hydrogen (secondary N) is 1. The number of benzene rings is 2. The van der Waals surface area contributed by atoms with Crippen molar-refractivity contribution in [3.8, 4) is 5.75 Å². The number of phenolic OH excluding ortho intramolecular Hbond substituents is 1. The van der Waals surface area contributed by atoms with E-state index in [0.717, 1.165) is 11.1 Å². The molecule has 0 spiro atoms. The monoisotopic (exact) mass is 566 g/mol. The summed E-state index contributed by atoms with van der Waals surface area (Å²) in [6.07, 6.45) is 1.25. The lowest BCUT2D eigenvalue weighted by atomic mass is 9.94. The molecule has 0 aliphatic rings. The van der Waals surface area contributed by atoms with Gasteiger partial charge in [0.2, 0.25) is 17.7 Å². The summed E-state index contributed by atoms with van der Waals surface area (Å²) in [7, 11) is 0. The second kappa shape index (κ2) is 15.6. The maximum absolute atomic E-state index is 14.1. The van der Waals surface area contributed by atoms with E-state index in [2.05, 4.69) is 5.32 Å². The Morgan fingerprint density at radius 2 is 1.55 bits per heavy atom. The van der Waals surface area contributed by atoms with Crippen LogP contribution in [0.4, 0.5) is 0 Å². The molecule has 10 heteroatoms. The van der Waals surface area contributed by atoms with E-state index in [9.17, 15) is 19.5 Å². The van der Waals surface area contributed by atoms with Crippen LogP contribution in [0.5, 0.6) is 5.75 Å². The minimum atomic E-state index is -0.988. The molecule has 38 heavy (non-hydrogen) atoms. The Labute approximate surface area is 236 Å². The smallest absolute Gasteiger partial charge is 0.246 e. The van der Waals surface area contributed by atoms with Gasteiger partial charge in [-0.3, -0.25) is 14.4 Å². The van der Waals surface area contributed by atoms with Gasteiger partial charge in [0, 0.05) is 18.0 Å². The van der Waals surface area contributed by atoms with Gasteiger partial charge >= 0.3 is 0 Å². The number of hydrogen-bond donors (Lipinski definition) is 4. The van der Waals surface area contributed by atoms with Gasteiger partial charge in [-0.15, -0.1) is 12.4 Å². The van der Waals surface area contributed by atoms with Crippen LogP contribution in [-0.2, 0) is 27.2 Å². The summed E-state index contributed by atoms with van der Waals surface area (Å²) in [6, 6.07) is 11.0. The predicted octanol–water partition coefficient (Wildman–Crippen LogP) is 3.45. The van der Waals surface area contributed by atoms with Gasteiger partial charge in [0.25, 0.3) is 0 Å². The van der Waals surface area contributed by atoms with E-state index in [1.807, 2.05) is 39.8 Å². The molecule has 4 atom stereocenters. The fourth-order valence-electron chi connectivity index (χ4n) is 4.09. The average Bonchev–Trinajstić information content (AvgIpc) is 2.86. The number of hydrogen-bond acceptors (Lipinski definition) is 5. The van der Waals surface area contributed by atoms with Gasteiger partial charge in [-0.25, -0.2) is 0 Å².